The predicted molar refractivity (Wildman–Crippen MR) is 36.3 cm³/mol. The summed E-state index contributed by atoms with van der Waals surface area (Å²) in [4.78, 5) is 19.6. The van der Waals surface area contributed by atoms with Crippen LogP contribution in [0.1, 0.15) is 20.8 Å². The van der Waals surface area contributed by atoms with E-state index in [1.807, 2.05) is 0 Å². The Labute approximate surface area is 58.5 Å². The molecular formula is C5H10N2O3. The van der Waals surface area contributed by atoms with E-state index in [2.05, 4.69) is 5.18 Å². The van der Waals surface area contributed by atoms with Crippen molar-refractivity contribution in [3.05, 3.63) is 15.0 Å². The van der Waals surface area contributed by atoms with Crippen LogP contribution in [0.25, 0.3) is 0 Å². The maximum Gasteiger partial charge on any atom is 0.238 e. The van der Waals surface area contributed by atoms with Gasteiger partial charge >= 0.3 is 0 Å². The van der Waals surface area contributed by atoms with Gasteiger partial charge in [0.25, 0.3) is 0 Å². The zero-order chi connectivity index (χ0) is 8.36. The van der Waals surface area contributed by atoms with E-state index < -0.39 is 16.5 Å². The fraction of sp³-hybridized carbons (Fsp3) is 1.00. The average molecular weight is 146 g/mol. The van der Waals surface area contributed by atoms with Crippen LogP contribution < -0.4 is 0 Å². The van der Waals surface area contributed by atoms with Crippen LogP contribution in [0.5, 0.6) is 0 Å². The van der Waals surface area contributed by atoms with Crippen LogP contribution in [-0.2, 0) is 0 Å². The summed E-state index contributed by atoms with van der Waals surface area (Å²) in [5.41, 5.74) is -1.11. The highest BCUT2D eigenvalue weighted by molar-refractivity contribution is 4.82. The second kappa shape index (κ2) is 2.72. The van der Waals surface area contributed by atoms with E-state index in [1.54, 1.807) is 0 Å². The number of hydrogen-bond donors (Lipinski definition) is 0. The Morgan fingerprint density at radius 2 is 2.00 bits per heavy atom. The van der Waals surface area contributed by atoms with Gasteiger partial charge in [-0.3, -0.25) is 10.1 Å². The lowest BCUT2D eigenvalue weighted by Gasteiger charge is -2.15. The van der Waals surface area contributed by atoms with Crippen molar-refractivity contribution >= 4 is 0 Å². The van der Waals surface area contributed by atoms with Gasteiger partial charge in [0.15, 0.2) is 5.54 Å². The van der Waals surface area contributed by atoms with Crippen molar-refractivity contribution in [2.24, 2.45) is 5.18 Å². The molecule has 10 heavy (non-hydrogen) atoms. The Hall–Kier alpha value is -1.00. The quantitative estimate of drug-likeness (QED) is 0.341. The minimum Gasteiger partial charge on any atom is -0.264 e. The van der Waals surface area contributed by atoms with Gasteiger partial charge < -0.3 is 0 Å². The molecule has 0 aromatic rings. The summed E-state index contributed by atoms with van der Waals surface area (Å²) in [6.45, 7) is 4.24. The van der Waals surface area contributed by atoms with E-state index in [0.29, 0.717) is 0 Å². The minimum atomic E-state index is -1.11. The van der Waals surface area contributed by atoms with Gasteiger partial charge in [0.1, 0.15) is 0 Å². The molecule has 0 N–H and O–H groups in total. The van der Waals surface area contributed by atoms with Crippen molar-refractivity contribution in [1.82, 2.24) is 0 Å². The van der Waals surface area contributed by atoms with Gasteiger partial charge in [0, 0.05) is 11.8 Å². The average Bonchev–Trinajstić information content (AvgIpc) is 1.86. The molecule has 0 rings (SSSR count). The maximum absolute atomic E-state index is 10.1. The summed E-state index contributed by atoms with van der Waals surface area (Å²) in [5, 5.41) is 12.8. The lowest BCUT2D eigenvalue weighted by Crippen LogP contribution is -2.37. The highest BCUT2D eigenvalue weighted by Crippen LogP contribution is 2.15. The molecule has 0 spiro atoms. The molecule has 1 atom stereocenters. The first-order valence-corrected chi connectivity index (χ1v) is 2.90. The number of nitroso groups, excluding NO2 is 1. The number of rotatable bonds is 3. The second-order valence-electron chi connectivity index (χ2n) is 2.71. The lowest BCUT2D eigenvalue weighted by atomic mass is 9.98. The van der Waals surface area contributed by atoms with Gasteiger partial charge in [-0.15, -0.1) is 4.91 Å². The van der Waals surface area contributed by atoms with Crippen molar-refractivity contribution in [1.29, 1.82) is 0 Å². The van der Waals surface area contributed by atoms with E-state index in [1.165, 1.54) is 20.8 Å². The standard InChI is InChI=1S/C5H10N2O3/c1-4(7(9)10)5(2,3)6-8/h4H,1-3H3. The highest BCUT2D eigenvalue weighted by Gasteiger charge is 2.36. The molecule has 0 aliphatic heterocycles. The van der Waals surface area contributed by atoms with Gasteiger partial charge in [-0.1, -0.05) is 5.18 Å². The molecule has 0 aliphatic rings. The number of hydrogen-bond acceptors (Lipinski definition) is 4. The van der Waals surface area contributed by atoms with Crippen LogP contribution >= 0.6 is 0 Å². The summed E-state index contributed by atoms with van der Waals surface area (Å²) in [5.74, 6) is 0. The van der Waals surface area contributed by atoms with E-state index >= 15 is 0 Å². The Bertz CT molecular complexity index is 155. The predicted octanol–water partition coefficient (Wildman–Crippen LogP) is 1.20. The fourth-order valence-electron chi connectivity index (χ4n) is 0.334. The van der Waals surface area contributed by atoms with Crippen LogP contribution in [0, 0.1) is 15.0 Å². The topological polar surface area (TPSA) is 72.6 Å². The van der Waals surface area contributed by atoms with E-state index in [-0.39, 0.29) is 0 Å². The zero-order valence-corrected chi connectivity index (χ0v) is 6.20. The van der Waals surface area contributed by atoms with Crippen LogP contribution in [0.3, 0.4) is 0 Å². The minimum absolute atomic E-state index is 0.512. The van der Waals surface area contributed by atoms with Crippen molar-refractivity contribution in [3.8, 4) is 0 Å². The molecule has 0 amide bonds. The molecule has 0 bridgehead atoms. The van der Waals surface area contributed by atoms with Crippen molar-refractivity contribution < 1.29 is 4.92 Å². The summed E-state index contributed by atoms with van der Waals surface area (Å²) in [7, 11) is 0. The molecule has 5 nitrogen and oxygen atoms in total. The summed E-state index contributed by atoms with van der Waals surface area (Å²) in [6, 6.07) is -0.926. The highest BCUT2D eigenvalue weighted by atomic mass is 16.6. The molecule has 0 saturated carbocycles. The second-order valence-corrected chi connectivity index (χ2v) is 2.71. The molecule has 1 unspecified atom stereocenters. The monoisotopic (exact) mass is 146 g/mol. The third kappa shape index (κ3) is 1.75. The SMILES string of the molecule is CC([N+](=O)[O-])C(C)(C)N=O. The van der Waals surface area contributed by atoms with E-state index in [4.69, 9.17) is 0 Å². The van der Waals surface area contributed by atoms with Gasteiger partial charge in [0.2, 0.25) is 6.04 Å². The molecular weight excluding hydrogens is 136 g/mol. The van der Waals surface area contributed by atoms with Crippen molar-refractivity contribution in [2.45, 2.75) is 32.4 Å². The maximum atomic E-state index is 10.1. The van der Waals surface area contributed by atoms with E-state index in [0.717, 1.165) is 0 Å². The normalized spacial score (nSPS) is 14.3. The Balaban J connectivity index is 4.31. The van der Waals surface area contributed by atoms with Crippen LogP contribution in [0.2, 0.25) is 0 Å². The first-order valence-electron chi connectivity index (χ1n) is 2.90. The largest absolute Gasteiger partial charge is 0.264 e. The number of nitro groups is 1. The van der Waals surface area contributed by atoms with Crippen molar-refractivity contribution in [3.63, 3.8) is 0 Å². The van der Waals surface area contributed by atoms with Crippen LogP contribution in [0.15, 0.2) is 5.18 Å². The summed E-state index contributed by atoms with van der Waals surface area (Å²) in [6.07, 6.45) is 0. The van der Waals surface area contributed by atoms with Gasteiger partial charge in [-0.25, -0.2) is 0 Å². The Kier molecular flexibility index (Phi) is 2.45. The molecule has 0 radical (unpaired) electrons. The Morgan fingerprint density at radius 3 is 2.10 bits per heavy atom. The first kappa shape index (κ1) is 9.00. The summed E-state index contributed by atoms with van der Waals surface area (Å²) >= 11 is 0. The molecule has 0 aliphatic carbocycles. The Morgan fingerprint density at radius 1 is 1.60 bits per heavy atom. The lowest BCUT2D eigenvalue weighted by molar-refractivity contribution is -0.527. The molecule has 5 heteroatoms. The first-order chi connectivity index (χ1) is 4.41. The van der Waals surface area contributed by atoms with Crippen LogP contribution in [0.4, 0.5) is 0 Å². The number of nitrogens with zero attached hydrogens (tertiary/aromatic N) is 2. The van der Waals surface area contributed by atoms with E-state index in [9.17, 15) is 15.0 Å². The van der Waals surface area contributed by atoms with Gasteiger partial charge in [-0.2, -0.15) is 0 Å². The molecule has 0 saturated heterocycles. The van der Waals surface area contributed by atoms with Gasteiger partial charge in [0.05, 0.1) is 0 Å². The third-order valence-corrected chi connectivity index (χ3v) is 1.57. The molecule has 0 aromatic heterocycles. The molecule has 0 aromatic carbocycles. The fourth-order valence-corrected chi connectivity index (χ4v) is 0.334. The van der Waals surface area contributed by atoms with Crippen molar-refractivity contribution in [2.75, 3.05) is 0 Å². The molecule has 0 heterocycles. The smallest absolute Gasteiger partial charge is 0.238 e. The third-order valence-electron chi connectivity index (χ3n) is 1.57. The molecule has 58 valence electrons. The van der Waals surface area contributed by atoms with Crippen LogP contribution in [-0.4, -0.2) is 16.5 Å². The zero-order valence-electron chi connectivity index (χ0n) is 6.20. The molecule has 0 fully saturated rings. The van der Waals surface area contributed by atoms with Gasteiger partial charge in [-0.05, 0) is 13.8 Å². The summed E-state index contributed by atoms with van der Waals surface area (Å²) < 4.78 is 0.